The summed E-state index contributed by atoms with van der Waals surface area (Å²) in [7, 11) is 1.50. The third-order valence-corrected chi connectivity index (χ3v) is 4.91. The van der Waals surface area contributed by atoms with E-state index in [0.29, 0.717) is 18.7 Å². The number of likely N-dealkylation sites (tertiary alicyclic amines) is 1. The molecule has 0 atom stereocenters. The van der Waals surface area contributed by atoms with E-state index in [4.69, 9.17) is 4.42 Å². The van der Waals surface area contributed by atoms with Crippen molar-refractivity contribution in [2.45, 2.75) is 18.8 Å². The third-order valence-electron chi connectivity index (χ3n) is 4.91. The summed E-state index contributed by atoms with van der Waals surface area (Å²) in [6.45, 7) is 1.41. The van der Waals surface area contributed by atoms with Gasteiger partial charge in [0.05, 0.1) is 6.21 Å². The van der Waals surface area contributed by atoms with Crippen molar-refractivity contribution in [3.05, 3.63) is 65.5 Å². The molecule has 1 aromatic heterocycles. The van der Waals surface area contributed by atoms with Gasteiger partial charge in [0, 0.05) is 24.6 Å². The number of hydrogen-bond acceptors (Lipinski definition) is 5. The molecular weight excluding hydrogens is 342 g/mol. The van der Waals surface area contributed by atoms with Crippen LogP contribution in [0, 0.1) is 0 Å². The fourth-order valence-electron chi connectivity index (χ4n) is 3.40. The van der Waals surface area contributed by atoms with E-state index in [9.17, 15) is 4.79 Å². The fraction of sp³-hybridized carbons (Fsp3) is 0.286. The molecular formula is C21H21N3O3. The Morgan fingerprint density at radius 2 is 1.93 bits per heavy atom. The van der Waals surface area contributed by atoms with Gasteiger partial charge in [0.2, 0.25) is 0 Å². The summed E-state index contributed by atoms with van der Waals surface area (Å²) in [6, 6.07) is 15.2. The number of carbonyl (C=O) groups is 1. The highest BCUT2D eigenvalue weighted by Gasteiger charge is 2.27. The van der Waals surface area contributed by atoms with Crippen LogP contribution in [0.5, 0.6) is 0 Å². The first-order valence-electron chi connectivity index (χ1n) is 9.06. The Labute approximate surface area is 157 Å². The van der Waals surface area contributed by atoms with Crippen molar-refractivity contribution >= 4 is 23.2 Å². The number of para-hydroxylation sites is 2. The van der Waals surface area contributed by atoms with E-state index in [1.54, 1.807) is 6.21 Å². The van der Waals surface area contributed by atoms with Crippen molar-refractivity contribution < 1.29 is 14.0 Å². The number of piperidine rings is 1. The number of benzene rings is 2. The SMILES string of the molecule is CO/N=C/c1ccc(C(=O)N2CCC(c3nc4ccccc4o3)CC2)cc1. The minimum absolute atomic E-state index is 0.0567. The molecule has 0 bridgehead atoms. The average Bonchev–Trinajstić information content (AvgIpc) is 3.16. The van der Waals surface area contributed by atoms with E-state index in [1.165, 1.54) is 7.11 Å². The second-order valence-electron chi connectivity index (χ2n) is 6.63. The van der Waals surface area contributed by atoms with Crippen molar-refractivity contribution in [2.24, 2.45) is 5.16 Å². The lowest BCUT2D eigenvalue weighted by molar-refractivity contribution is 0.0706. The lowest BCUT2D eigenvalue weighted by Gasteiger charge is -2.30. The van der Waals surface area contributed by atoms with Gasteiger partial charge in [0.25, 0.3) is 5.91 Å². The van der Waals surface area contributed by atoms with Crippen LogP contribution in [0.2, 0.25) is 0 Å². The van der Waals surface area contributed by atoms with Gasteiger partial charge in [0.1, 0.15) is 12.6 Å². The summed E-state index contributed by atoms with van der Waals surface area (Å²) < 4.78 is 5.90. The molecule has 6 heteroatoms. The highest BCUT2D eigenvalue weighted by atomic mass is 16.6. The van der Waals surface area contributed by atoms with Crippen molar-refractivity contribution in [2.75, 3.05) is 20.2 Å². The maximum atomic E-state index is 12.7. The molecule has 27 heavy (non-hydrogen) atoms. The molecule has 0 N–H and O–H groups in total. The van der Waals surface area contributed by atoms with Crippen LogP contribution in [0.4, 0.5) is 0 Å². The van der Waals surface area contributed by atoms with Gasteiger partial charge in [-0.25, -0.2) is 4.98 Å². The van der Waals surface area contributed by atoms with Crippen LogP contribution >= 0.6 is 0 Å². The van der Waals surface area contributed by atoms with E-state index in [2.05, 4.69) is 15.0 Å². The standard InChI is InChI=1S/C21H21N3O3/c1-26-22-14-15-6-8-17(9-7-15)21(25)24-12-10-16(11-13-24)20-23-18-4-2-3-5-19(18)27-20/h2-9,14,16H,10-13H2,1H3/b22-14+. The maximum Gasteiger partial charge on any atom is 0.253 e. The zero-order chi connectivity index (χ0) is 18.6. The van der Waals surface area contributed by atoms with E-state index in [0.717, 1.165) is 35.4 Å². The van der Waals surface area contributed by atoms with Gasteiger partial charge in [-0.2, -0.15) is 0 Å². The van der Waals surface area contributed by atoms with Gasteiger partial charge in [-0.3, -0.25) is 4.79 Å². The van der Waals surface area contributed by atoms with Crippen LogP contribution < -0.4 is 0 Å². The van der Waals surface area contributed by atoms with Crippen LogP contribution in [0.25, 0.3) is 11.1 Å². The molecule has 1 fully saturated rings. The van der Waals surface area contributed by atoms with Crippen molar-refractivity contribution in [3.63, 3.8) is 0 Å². The van der Waals surface area contributed by atoms with Gasteiger partial charge < -0.3 is 14.2 Å². The molecule has 1 saturated heterocycles. The van der Waals surface area contributed by atoms with Crippen LogP contribution in [0.15, 0.2) is 58.1 Å². The largest absolute Gasteiger partial charge is 0.440 e. The van der Waals surface area contributed by atoms with Gasteiger partial charge in [-0.15, -0.1) is 0 Å². The maximum absolute atomic E-state index is 12.7. The van der Waals surface area contributed by atoms with Crippen molar-refractivity contribution in [1.82, 2.24) is 9.88 Å². The summed E-state index contributed by atoms with van der Waals surface area (Å²) in [5.74, 6) is 1.10. The number of oxime groups is 1. The minimum atomic E-state index is 0.0567. The smallest absolute Gasteiger partial charge is 0.253 e. The number of oxazole rings is 1. The first-order chi connectivity index (χ1) is 13.2. The van der Waals surface area contributed by atoms with Gasteiger partial charge in [-0.1, -0.05) is 29.4 Å². The van der Waals surface area contributed by atoms with E-state index < -0.39 is 0 Å². The van der Waals surface area contributed by atoms with E-state index in [1.807, 2.05) is 53.4 Å². The fourth-order valence-corrected chi connectivity index (χ4v) is 3.40. The first-order valence-corrected chi connectivity index (χ1v) is 9.06. The molecule has 2 heterocycles. The Balaban J connectivity index is 1.39. The summed E-state index contributed by atoms with van der Waals surface area (Å²) in [5, 5.41) is 3.72. The highest BCUT2D eigenvalue weighted by molar-refractivity contribution is 5.95. The molecule has 0 saturated carbocycles. The normalized spacial score (nSPS) is 15.5. The number of rotatable bonds is 4. The summed E-state index contributed by atoms with van der Waals surface area (Å²) >= 11 is 0. The third kappa shape index (κ3) is 3.69. The molecule has 138 valence electrons. The van der Waals surface area contributed by atoms with E-state index in [-0.39, 0.29) is 11.8 Å². The molecule has 4 rings (SSSR count). The number of aromatic nitrogens is 1. The van der Waals surface area contributed by atoms with Gasteiger partial charge in [-0.05, 0) is 42.7 Å². The van der Waals surface area contributed by atoms with E-state index >= 15 is 0 Å². The molecule has 1 aliphatic heterocycles. The summed E-state index contributed by atoms with van der Waals surface area (Å²) in [6.07, 6.45) is 3.33. The molecule has 0 radical (unpaired) electrons. The lowest BCUT2D eigenvalue weighted by Crippen LogP contribution is -2.38. The zero-order valence-electron chi connectivity index (χ0n) is 15.2. The minimum Gasteiger partial charge on any atom is -0.440 e. The number of carbonyl (C=O) groups excluding carboxylic acids is 1. The number of fused-ring (bicyclic) bond motifs is 1. The Morgan fingerprint density at radius 3 is 2.63 bits per heavy atom. The second-order valence-corrected chi connectivity index (χ2v) is 6.63. The molecule has 1 amide bonds. The predicted octanol–water partition coefficient (Wildman–Crippen LogP) is 3.83. The summed E-state index contributed by atoms with van der Waals surface area (Å²) in [4.78, 5) is 23.9. The summed E-state index contributed by atoms with van der Waals surface area (Å²) in [5.41, 5.74) is 3.29. The number of amides is 1. The van der Waals surface area contributed by atoms with Crippen molar-refractivity contribution in [3.8, 4) is 0 Å². The van der Waals surface area contributed by atoms with Gasteiger partial charge >= 0.3 is 0 Å². The monoisotopic (exact) mass is 363 g/mol. The highest BCUT2D eigenvalue weighted by Crippen LogP contribution is 2.30. The van der Waals surface area contributed by atoms with Gasteiger partial charge in [0.15, 0.2) is 11.5 Å². The molecule has 0 aliphatic carbocycles. The molecule has 0 spiro atoms. The number of hydrogen-bond donors (Lipinski definition) is 0. The molecule has 3 aromatic rings. The topological polar surface area (TPSA) is 67.9 Å². The van der Waals surface area contributed by atoms with Crippen LogP contribution in [0.3, 0.4) is 0 Å². The van der Waals surface area contributed by atoms with Crippen molar-refractivity contribution in [1.29, 1.82) is 0 Å². The molecule has 0 unspecified atom stereocenters. The number of nitrogens with zero attached hydrogens (tertiary/aromatic N) is 3. The Kier molecular flexibility index (Phi) is 4.87. The van der Waals surface area contributed by atoms with Crippen LogP contribution in [0.1, 0.15) is 40.6 Å². The Hall–Kier alpha value is -3.15. The van der Waals surface area contributed by atoms with Crippen LogP contribution in [-0.4, -0.2) is 42.2 Å². The molecule has 2 aromatic carbocycles. The van der Waals surface area contributed by atoms with Crippen LogP contribution in [-0.2, 0) is 4.84 Å². The second kappa shape index (κ2) is 7.61. The first kappa shape index (κ1) is 17.3. The lowest BCUT2D eigenvalue weighted by atomic mass is 9.96. The molecule has 6 nitrogen and oxygen atoms in total. The molecule has 1 aliphatic rings. The quantitative estimate of drug-likeness (QED) is 0.522. The zero-order valence-corrected chi connectivity index (χ0v) is 15.2. The Morgan fingerprint density at radius 1 is 1.19 bits per heavy atom. The average molecular weight is 363 g/mol. The Bertz CT molecular complexity index is 921. The predicted molar refractivity (Wildman–Crippen MR) is 103 cm³/mol.